The van der Waals surface area contributed by atoms with Crippen molar-refractivity contribution in [3.63, 3.8) is 0 Å². The van der Waals surface area contributed by atoms with Gasteiger partial charge in [0.25, 0.3) is 5.91 Å². The highest BCUT2D eigenvalue weighted by Gasteiger charge is 2.34. The highest BCUT2D eigenvalue weighted by Crippen LogP contribution is 2.35. The first-order valence-electron chi connectivity index (χ1n) is 5.73. The minimum Gasteiger partial charge on any atom is -0.334 e. The Hall–Kier alpha value is -1.55. The second kappa shape index (κ2) is 5.83. The van der Waals surface area contributed by atoms with Crippen molar-refractivity contribution >= 4 is 21.8 Å². The zero-order valence-electron chi connectivity index (χ0n) is 10.8. The van der Waals surface area contributed by atoms with E-state index in [1.807, 2.05) is 6.07 Å². The standard InChI is InChI=1S/C13H12BrF3N2O/c1-3-12(2,7-18)19-11(20)8-4-5-10(14)9(6-8)13(15,16)17/h4-6H,3H2,1-2H3,(H,19,20). The molecule has 0 radical (unpaired) electrons. The van der Waals surface area contributed by atoms with Crippen molar-refractivity contribution in [2.24, 2.45) is 0 Å². The second-order valence-corrected chi connectivity index (χ2v) is 5.30. The van der Waals surface area contributed by atoms with Crippen molar-refractivity contribution in [2.75, 3.05) is 0 Å². The number of hydrogen-bond acceptors (Lipinski definition) is 2. The summed E-state index contributed by atoms with van der Waals surface area (Å²) in [4.78, 5) is 11.9. The molecule has 7 heteroatoms. The summed E-state index contributed by atoms with van der Waals surface area (Å²) in [5, 5.41) is 11.4. The Morgan fingerprint density at radius 2 is 2.05 bits per heavy atom. The fourth-order valence-electron chi connectivity index (χ4n) is 1.40. The average Bonchev–Trinajstić information content (AvgIpc) is 2.37. The van der Waals surface area contributed by atoms with Gasteiger partial charge in [-0.1, -0.05) is 22.9 Å². The minimum absolute atomic E-state index is 0.139. The monoisotopic (exact) mass is 348 g/mol. The van der Waals surface area contributed by atoms with Crippen molar-refractivity contribution in [3.05, 3.63) is 33.8 Å². The molecule has 0 bridgehead atoms. The molecule has 0 aliphatic heterocycles. The van der Waals surface area contributed by atoms with Gasteiger partial charge >= 0.3 is 6.18 Å². The van der Waals surface area contributed by atoms with Crippen LogP contribution in [0.1, 0.15) is 36.2 Å². The topological polar surface area (TPSA) is 52.9 Å². The van der Waals surface area contributed by atoms with E-state index in [0.717, 1.165) is 12.1 Å². The quantitative estimate of drug-likeness (QED) is 0.900. The van der Waals surface area contributed by atoms with Crippen molar-refractivity contribution in [1.29, 1.82) is 5.26 Å². The lowest BCUT2D eigenvalue weighted by Crippen LogP contribution is -2.44. The summed E-state index contributed by atoms with van der Waals surface area (Å²) in [6.45, 7) is 3.21. The molecule has 0 spiro atoms. The maximum atomic E-state index is 12.7. The van der Waals surface area contributed by atoms with Gasteiger partial charge in [0.15, 0.2) is 0 Å². The van der Waals surface area contributed by atoms with Crippen LogP contribution in [0.5, 0.6) is 0 Å². The summed E-state index contributed by atoms with van der Waals surface area (Å²) in [6, 6.07) is 5.10. The van der Waals surface area contributed by atoms with E-state index in [1.165, 1.54) is 13.0 Å². The molecule has 0 aromatic heterocycles. The van der Waals surface area contributed by atoms with Crippen LogP contribution in [0.25, 0.3) is 0 Å². The second-order valence-electron chi connectivity index (χ2n) is 4.44. The number of hydrogen-bond donors (Lipinski definition) is 1. The van der Waals surface area contributed by atoms with E-state index in [-0.39, 0.29) is 10.0 Å². The molecule has 0 aliphatic rings. The molecular weight excluding hydrogens is 337 g/mol. The van der Waals surface area contributed by atoms with Crippen LogP contribution < -0.4 is 5.32 Å². The van der Waals surface area contributed by atoms with Gasteiger partial charge in [-0.3, -0.25) is 4.79 Å². The van der Waals surface area contributed by atoms with Crippen LogP contribution in [-0.2, 0) is 6.18 Å². The average molecular weight is 349 g/mol. The van der Waals surface area contributed by atoms with Gasteiger partial charge in [-0.05, 0) is 31.5 Å². The lowest BCUT2D eigenvalue weighted by molar-refractivity contribution is -0.138. The van der Waals surface area contributed by atoms with E-state index in [0.29, 0.717) is 6.42 Å². The first kappa shape index (κ1) is 16.5. The smallest absolute Gasteiger partial charge is 0.334 e. The van der Waals surface area contributed by atoms with Crippen LogP contribution in [0.2, 0.25) is 0 Å². The predicted molar refractivity (Wildman–Crippen MR) is 70.9 cm³/mol. The molecule has 1 atom stereocenters. The largest absolute Gasteiger partial charge is 0.417 e. The Labute approximate surface area is 122 Å². The highest BCUT2D eigenvalue weighted by atomic mass is 79.9. The fraction of sp³-hybridized carbons (Fsp3) is 0.385. The number of benzene rings is 1. The van der Waals surface area contributed by atoms with E-state index >= 15 is 0 Å². The van der Waals surface area contributed by atoms with Gasteiger partial charge in [0, 0.05) is 10.0 Å². The molecule has 1 aromatic carbocycles. The summed E-state index contributed by atoms with van der Waals surface area (Å²) in [5.74, 6) is -0.714. The third kappa shape index (κ3) is 3.73. The first-order valence-corrected chi connectivity index (χ1v) is 6.53. The highest BCUT2D eigenvalue weighted by molar-refractivity contribution is 9.10. The molecule has 1 unspecified atom stereocenters. The van der Waals surface area contributed by atoms with Crippen molar-refractivity contribution in [3.8, 4) is 6.07 Å². The van der Waals surface area contributed by atoms with E-state index in [9.17, 15) is 18.0 Å². The molecule has 1 aromatic rings. The summed E-state index contributed by atoms with van der Waals surface area (Å²) >= 11 is 2.80. The van der Waals surface area contributed by atoms with Crippen LogP contribution >= 0.6 is 15.9 Å². The molecule has 1 rings (SSSR count). The Bertz CT molecular complexity index is 566. The Kier molecular flexibility index (Phi) is 4.81. The van der Waals surface area contributed by atoms with Crippen LogP contribution in [-0.4, -0.2) is 11.4 Å². The number of carbonyl (C=O) groups excluding carboxylic acids is 1. The van der Waals surface area contributed by atoms with E-state index in [1.54, 1.807) is 6.92 Å². The number of halogens is 4. The normalized spacial score (nSPS) is 14.2. The molecule has 20 heavy (non-hydrogen) atoms. The van der Waals surface area contributed by atoms with Gasteiger partial charge < -0.3 is 5.32 Å². The number of nitrogens with zero attached hydrogens (tertiary/aromatic N) is 1. The summed E-state index contributed by atoms with van der Waals surface area (Å²) in [7, 11) is 0. The summed E-state index contributed by atoms with van der Waals surface area (Å²) in [5.41, 5.74) is -2.18. The third-order valence-corrected chi connectivity index (χ3v) is 3.57. The number of carbonyl (C=O) groups is 1. The fourth-order valence-corrected chi connectivity index (χ4v) is 1.87. The maximum absolute atomic E-state index is 12.7. The molecule has 108 valence electrons. The first-order chi connectivity index (χ1) is 9.13. The van der Waals surface area contributed by atoms with Crippen molar-refractivity contribution < 1.29 is 18.0 Å². The number of alkyl halides is 3. The molecule has 0 saturated carbocycles. The number of nitrogens with one attached hydrogen (secondary N) is 1. The van der Waals surface area contributed by atoms with Crippen LogP contribution in [0, 0.1) is 11.3 Å². The van der Waals surface area contributed by atoms with Crippen LogP contribution in [0.3, 0.4) is 0 Å². The van der Waals surface area contributed by atoms with E-state index in [2.05, 4.69) is 21.2 Å². The molecule has 3 nitrogen and oxygen atoms in total. The minimum atomic E-state index is -4.56. The zero-order chi connectivity index (χ0) is 15.6. The lowest BCUT2D eigenvalue weighted by Gasteiger charge is -2.21. The molecule has 0 fully saturated rings. The Balaban J connectivity index is 3.11. The molecule has 0 saturated heterocycles. The van der Waals surface area contributed by atoms with Gasteiger partial charge in [0.1, 0.15) is 5.54 Å². The maximum Gasteiger partial charge on any atom is 0.417 e. The SMILES string of the molecule is CCC(C)(C#N)NC(=O)c1ccc(Br)c(C(F)(F)F)c1. The van der Waals surface area contributed by atoms with E-state index < -0.39 is 23.2 Å². The number of amides is 1. The summed E-state index contributed by atoms with van der Waals surface area (Å²) in [6.07, 6.45) is -4.21. The lowest BCUT2D eigenvalue weighted by atomic mass is 10.00. The van der Waals surface area contributed by atoms with Gasteiger partial charge in [-0.2, -0.15) is 18.4 Å². The van der Waals surface area contributed by atoms with Gasteiger partial charge in [-0.15, -0.1) is 0 Å². The van der Waals surface area contributed by atoms with Crippen molar-refractivity contribution in [1.82, 2.24) is 5.32 Å². The van der Waals surface area contributed by atoms with Crippen LogP contribution in [0.15, 0.2) is 22.7 Å². The van der Waals surface area contributed by atoms with Gasteiger partial charge in [-0.25, -0.2) is 0 Å². The van der Waals surface area contributed by atoms with Crippen molar-refractivity contribution in [2.45, 2.75) is 32.0 Å². The zero-order valence-corrected chi connectivity index (χ0v) is 12.4. The Morgan fingerprint density at radius 1 is 1.45 bits per heavy atom. The number of nitriles is 1. The molecule has 0 heterocycles. The molecule has 0 aliphatic carbocycles. The summed E-state index contributed by atoms with van der Waals surface area (Å²) < 4.78 is 38.1. The molecular formula is C13H12BrF3N2O. The van der Waals surface area contributed by atoms with E-state index in [4.69, 9.17) is 5.26 Å². The van der Waals surface area contributed by atoms with Gasteiger partial charge in [0.05, 0.1) is 11.6 Å². The predicted octanol–water partition coefficient (Wildman–Crippen LogP) is 3.89. The van der Waals surface area contributed by atoms with Gasteiger partial charge in [0.2, 0.25) is 0 Å². The van der Waals surface area contributed by atoms with Crippen LogP contribution in [0.4, 0.5) is 13.2 Å². The Morgan fingerprint density at radius 3 is 2.50 bits per heavy atom. The number of rotatable bonds is 3. The molecule has 1 amide bonds. The third-order valence-electron chi connectivity index (χ3n) is 2.88. The molecule has 1 N–H and O–H groups in total.